The van der Waals surface area contributed by atoms with Crippen LogP contribution in [0.15, 0.2) is 60.8 Å². The van der Waals surface area contributed by atoms with Gasteiger partial charge < -0.3 is 19.1 Å². The third kappa shape index (κ3) is 5.11. The van der Waals surface area contributed by atoms with Crippen molar-refractivity contribution in [2.45, 2.75) is 19.8 Å². The second-order valence-electron chi connectivity index (χ2n) is 9.00. The summed E-state index contributed by atoms with van der Waals surface area (Å²) in [6, 6.07) is 10.8. The normalized spacial score (nSPS) is 18.8. The van der Waals surface area contributed by atoms with Crippen LogP contribution in [0, 0.1) is 5.92 Å². The number of fused-ring (bicyclic) bond motifs is 1. The van der Waals surface area contributed by atoms with E-state index in [1.54, 1.807) is 30.5 Å². The van der Waals surface area contributed by atoms with Gasteiger partial charge in [-0.2, -0.15) is 0 Å². The predicted octanol–water partition coefficient (Wildman–Crippen LogP) is 5.16. The highest BCUT2D eigenvalue weighted by molar-refractivity contribution is 5.94. The van der Waals surface area contributed by atoms with Crippen LogP contribution in [0.1, 0.15) is 19.4 Å². The summed E-state index contributed by atoms with van der Waals surface area (Å²) in [7, 11) is 0. The molecule has 3 aromatic rings. The Hall–Kier alpha value is -3.85. The van der Waals surface area contributed by atoms with Crippen molar-refractivity contribution < 1.29 is 27.8 Å². The van der Waals surface area contributed by atoms with Crippen LogP contribution in [0.5, 0.6) is 11.5 Å². The number of para-hydroxylation sites is 1. The van der Waals surface area contributed by atoms with Gasteiger partial charge in [0.2, 0.25) is 5.91 Å². The fraction of sp³-hybridized carbons (Fsp3) is 0.345. The van der Waals surface area contributed by atoms with Gasteiger partial charge in [0.1, 0.15) is 5.92 Å². The molecule has 1 atom stereocenters. The van der Waals surface area contributed by atoms with Crippen molar-refractivity contribution in [1.29, 1.82) is 0 Å². The lowest BCUT2D eigenvalue weighted by Crippen LogP contribution is -2.47. The maximum atomic E-state index is 15.3. The molecule has 1 aliphatic carbocycles. The van der Waals surface area contributed by atoms with Crippen molar-refractivity contribution in [3.8, 4) is 22.8 Å². The molecule has 2 heterocycles. The van der Waals surface area contributed by atoms with E-state index in [1.807, 2.05) is 32.0 Å². The second kappa shape index (κ2) is 10.9. The maximum absolute atomic E-state index is 15.3. The third-order valence-corrected chi connectivity index (χ3v) is 6.54. The number of ether oxygens (including phenoxy) is 3. The molecule has 9 heteroatoms. The monoisotopic (exact) mass is 521 g/mol. The van der Waals surface area contributed by atoms with E-state index in [1.165, 1.54) is 11.0 Å². The first kappa shape index (κ1) is 25.8. The van der Waals surface area contributed by atoms with Gasteiger partial charge >= 0.3 is 0 Å². The number of amides is 1. The summed E-state index contributed by atoms with van der Waals surface area (Å²) in [6.45, 7) is 6.11. The van der Waals surface area contributed by atoms with Gasteiger partial charge in [-0.3, -0.25) is 9.78 Å². The van der Waals surface area contributed by atoms with Crippen molar-refractivity contribution in [2.75, 3.05) is 39.5 Å². The molecule has 2 aliphatic rings. The van der Waals surface area contributed by atoms with E-state index < -0.39 is 17.7 Å². The number of halogens is 2. The third-order valence-electron chi connectivity index (χ3n) is 6.54. The van der Waals surface area contributed by atoms with Crippen LogP contribution in [0.25, 0.3) is 27.9 Å². The highest BCUT2D eigenvalue weighted by Gasteiger charge is 2.45. The minimum atomic E-state index is -3.35. The van der Waals surface area contributed by atoms with Crippen LogP contribution in [-0.2, 0) is 9.53 Å². The molecule has 1 aromatic heterocycles. The highest BCUT2D eigenvalue weighted by atomic mass is 19.3. The number of hydrogen-bond donors (Lipinski definition) is 0. The standard InChI is InChI=1S/C29H29F2N3O4/c1-3-37-25-11-9-19(16-26(25)38-4-2)24-18-32-23-7-5-6-21(27(23)33-24)20-8-10-22(29(30,31)17-20)28(35)34-12-14-36-15-13-34/h5-11,16-18,22H,3-4,12-15H2,1-2H3. The van der Waals surface area contributed by atoms with Crippen LogP contribution in [0.4, 0.5) is 8.78 Å². The number of allylic oxidation sites excluding steroid dienone is 3. The average molecular weight is 522 g/mol. The summed E-state index contributed by atoms with van der Waals surface area (Å²) < 4.78 is 47.2. The van der Waals surface area contributed by atoms with Gasteiger partial charge in [-0.15, -0.1) is 0 Å². The molecule has 1 saturated heterocycles. The van der Waals surface area contributed by atoms with Crippen molar-refractivity contribution in [2.24, 2.45) is 5.92 Å². The Bertz CT molecular complexity index is 1400. The Morgan fingerprint density at radius 1 is 1.11 bits per heavy atom. The van der Waals surface area contributed by atoms with E-state index in [4.69, 9.17) is 19.2 Å². The van der Waals surface area contributed by atoms with Gasteiger partial charge in [0.15, 0.2) is 11.5 Å². The lowest BCUT2D eigenvalue weighted by Gasteiger charge is -2.33. The highest BCUT2D eigenvalue weighted by Crippen LogP contribution is 2.39. The molecule has 1 amide bonds. The van der Waals surface area contributed by atoms with Gasteiger partial charge in [-0.25, -0.2) is 13.8 Å². The zero-order valence-electron chi connectivity index (χ0n) is 21.3. The number of aromatic nitrogens is 2. The summed E-state index contributed by atoms with van der Waals surface area (Å²) in [4.78, 5) is 23.6. The second-order valence-corrected chi connectivity index (χ2v) is 9.00. The summed E-state index contributed by atoms with van der Waals surface area (Å²) in [5.41, 5.74) is 3.20. The smallest absolute Gasteiger partial charge is 0.282 e. The van der Waals surface area contributed by atoms with E-state index in [-0.39, 0.29) is 0 Å². The van der Waals surface area contributed by atoms with E-state index in [2.05, 4.69) is 4.98 Å². The van der Waals surface area contributed by atoms with E-state index in [9.17, 15) is 4.79 Å². The molecule has 7 nitrogen and oxygen atoms in total. The summed E-state index contributed by atoms with van der Waals surface area (Å²) >= 11 is 0. The SMILES string of the molecule is CCOc1ccc(-c2cnc3cccc(C4=CC(F)(F)C(C(=O)N5CCOCC5)C=C4)c3n2)cc1OCC. The Balaban J connectivity index is 1.49. The number of carbonyl (C=O) groups is 1. The van der Waals surface area contributed by atoms with Crippen LogP contribution in [-0.4, -0.2) is 66.2 Å². The molecule has 1 fully saturated rings. The molecule has 38 heavy (non-hydrogen) atoms. The van der Waals surface area contributed by atoms with E-state index in [0.29, 0.717) is 78.9 Å². The van der Waals surface area contributed by atoms with Crippen LogP contribution < -0.4 is 9.47 Å². The largest absolute Gasteiger partial charge is 0.490 e. The van der Waals surface area contributed by atoms with Crippen molar-refractivity contribution in [3.05, 3.63) is 66.4 Å². The van der Waals surface area contributed by atoms with Crippen molar-refractivity contribution in [1.82, 2.24) is 14.9 Å². The number of nitrogens with zero attached hydrogens (tertiary/aromatic N) is 3. The number of benzene rings is 2. The quantitative estimate of drug-likeness (QED) is 0.428. The fourth-order valence-electron chi connectivity index (χ4n) is 4.68. The average Bonchev–Trinajstić information content (AvgIpc) is 2.93. The first-order valence-corrected chi connectivity index (χ1v) is 12.7. The molecule has 5 rings (SSSR count). The maximum Gasteiger partial charge on any atom is 0.282 e. The first-order valence-electron chi connectivity index (χ1n) is 12.7. The van der Waals surface area contributed by atoms with Gasteiger partial charge in [-0.1, -0.05) is 24.3 Å². The molecular weight excluding hydrogens is 492 g/mol. The minimum Gasteiger partial charge on any atom is -0.490 e. The minimum absolute atomic E-state index is 0.291. The number of hydrogen-bond acceptors (Lipinski definition) is 6. The van der Waals surface area contributed by atoms with Crippen LogP contribution in [0.3, 0.4) is 0 Å². The molecule has 0 radical (unpaired) electrons. The zero-order chi connectivity index (χ0) is 26.7. The lowest BCUT2D eigenvalue weighted by molar-refractivity contribution is -0.146. The number of rotatable bonds is 7. The molecule has 1 unspecified atom stereocenters. The zero-order valence-corrected chi connectivity index (χ0v) is 21.3. The van der Waals surface area contributed by atoms with Gasteiger partial charge in [-0.05, 0) is 49.8 Å². The van der Waals surface area contributed by atoms with Crippen LogP contribution in [0.2, 0.25) is 0 Å². The Morgan fingerprint density at radius 3 is 2.61 bits per heavy atom. The molecule has 0 bridgehead atoms. The lowest BCUT2D eigenvalue weighted by atomic mass is 9.88. The Labute approximate surface area is 219 Å². The molecule has 0 spiro atoms. The number of carbonyl (C=O) groups excluding carboxylic acids is 1. The summed E-state index contributed by atoms with van der Waals surface area (Å²) in [6.07, 6.45) is 5.38. The summed E-state index contributed by atoms with van der Waals surface area (Å²) in [5.74, 6) is -4.27. The van der Waals surface area contributed by atoms with Crippen molar-refractivity contribution in [3.63, 3.8) is 0 Å². The van der Waals surface area contributed by atoms with Gasteiger partial charge in [0, 0.05) is 24.2 Å². The van der Waals surface area contributed by atoms with Gasteiger partial charge in [0.05, 0.1) is 49.4 Å². The van der Waals surface area contributed by atoms with E-state index >= 15 is 8.78 Å². The molecule has 1 aliphatic heterocycles. The molecule has 2 aromatic carbocycles. The Kier molecular flexibility index (Phi) is 7.37. The molecule has 198 valence electrons. The predicted molar refractivity (Wildman–Crippen MR) is 140 cm³/mol. The van der Waals surface area contributed by atoms with E-state index in [0.717, 1.165) is 11.6 Å². The van der Waals surface area contributed by atoms with Crippen LogP contribution >= 0.6 is 0 Å². The molecule has 0 N–H and O–H groups in total. The topological polar surface area (TPSA) is 73.8 Å². The number of morpholine rings is 1. The molecule has 0 saturated carbocycles. The Morgan fingerprint density at radius 2 is 1.87 bits per heavy atom. The van der Waals surface area contributed by atoms with Crippen molar-refractivity contribution >= 4 is 22.5 Å². The molecular formula is C29H29F2N3O4. The fourth-order valence-corrected chi connectivity index (χ4v) is 4.68. The summed E-state index contributed by atoms with van der Waals surface area (Å²) in [5, 5.41) is 0. The first-order chi connectivity index (χ1) is 18.4. The van der Waals surface area contributed by atoms with Gasteiger partial charge in [0.25, 0.3) is 5.92 Å². The number of alkyl halides is 2.